The van der Waals surface area contributed by atoms with Crippen LogP contribution in [-0.2, 0) is 6.42 Å². The van der Waals surface area contributed by atoms with E-state index in [1.807, 2.05) is 25.1 Å². The van der Waals surface area contributed by atoms with Gasteiger partial charge < -0.3 is 15.1 Å². The Kier molecular flexibility index (Phi) is 5.50. The Labute approximate surface area is 156 Å². The summed E-state index contributed by atoms with van der Waals surface area (Å²) in [6.07, 6.45) is 3.06. The number of aryl methyl sites for hydroxylation is 2. The third-order valence-corrected chi connectivity index (χ3v) is 5.22. The summed E-state index contributed by atoms with van der Waals surface area (Å²) in [5, 5.41) is 3.17. The number of carbonyl (C=O) groups is 1. The maximum absolute atomic E-state index is 12.9. The lowest BCUT2D eigenvalue weighted by atomic mass is 10.0. The Hall–Kier alpha value is -2.49. The van der Waals surface area contributed by atoms with E-state index in [9.17, 15) is 4.79 Å². The number of amides is 2. The van der Waals surface area contributed by atoms with Gasteiger partial charge in [-0.2, -0.15) is 0 Å². The Morgan fingerprint density at radius 2 is 1.81 bits per heavy atom. The van der Waals surface area contributed by atoms with Crippen LogP contribution in [0, 0.1) is 13.8 Å². The molecule has 1 saturated heterocycles. The minimum atomic E-state index is 0.0206. The van der Waals surface area contributed by atoms with E-state index in [0.29, 0.717) is 0 Å². The zero-order valence-corrected chi connectivity index (χ0v) is 16.2. The van der Waals surface area contributed by atoms with Crippen molar-refractivity contribution in [3.63, 3.8) is 0 Å². The van der Waals surface area contributed by atoms with Gasteiger partial charge in [-0.25, -0.2) is 4.79 Å². The summed E-state index contributed by atoms with van der Waals surface area (Å²) in [6, 6.07) is 15.0. The molecule has 1 aliphatic rings. The van der Waals surface area contributed by atoms with Crippen molar-refractivity contribution in [2.24, 2.45) is 0 Å². The topological polar surface area (TPSA) is 35.6 Å². The Morgan fingerprint density at radius 1 is 1.15 bits per heavy atom. The van der Waals surface area contributed by atoms with Crippen molar-refractivity contribution in [3.05, 3.63) is 59.2 Å². The zero-order valence-electron chi connectivity index (χ0n) is 16.2. The number of anilines is 2. The highest BCUT2D eigenvalue weighted by Gasteiger charge is 2.29. The lowest BCUT2D eigenvalue weighted by molar-refractivity contribution is 0.206. The summed E-state index contributed by atoms with van der Waals surface area (Å²) in [6.45, 7) is 4.94. The van der Waals surface area contributed by atoms with Crippen molar-refractivity contribution < 1.29 is 4.79 Å². The molecule has 3 rings (SSSR count). The number of benzene rings is 2. The molecular formula is C22H29N3O. The van der Waals surface area contributed by atoms with E-state index in [2.05, 4.69) is 60.5 Å². The predicted octanol–water partition coefficient (Wildman–Crippen LogP) is 4.61. The first-order valence-electron chi connectivity index (χ1n) is 9.36. The standard InChI is InChI=1S/C22H29N3O/c1-16-13-20(24(3)4)14-17(2)21(16)23-22(26)25-12-8-11-19(25)15-18-9-6-5-7-10-18/h5-7,9-10,13-14,19H,8,11-12,15H2,1-4H3,(H,23,26)/t19-/m0/s1. The Morgan fingerprint density at radius 3 is 2.42 bits per heavy atom. The second-order valence-corrected chi connectivity index (χ2v) is 7.46. The van der Waals surface area contributed by atoms with Gasteiger partial charge in [0.2, 0.25) is 0 Å². The fourth-order valence-electron chi connectivity index (χ4n) is 3.78. The van der Waals surface area contributed by atoms with Crippen LogP contribution >= 0.6 is 0 Å². The SMILES string of the molecule is Cc1cc(N(C)C)cc(C)c1NC(=O)N1CCC[C@H]1Cc1ccccc1. The molecule has 0 saturated carbocycles. The van der Waals surface area contributed by atoms with Crippen molar-refractivity contribution in [1.82, 2.24) is 4.90 Å². The molecule has 0 aromatic heterocycles. The number of carbonyl (C=O) groups excluding carboxylic acids is 1. The van der Waals surface area contributed by atoms with E-state index in [-0.39, 0.29) is 12.1 Å². The smallest absolute Gasteiger partial charge is 0.322 e. The maximum atomic E-state index is 12.9. The molecule has 2 aromatic carbocycles. The molecule has 1 aliphatic heterocycles. The molecule has 4 nitrogen and oxygen atoms in total. The number of rotatable bonds is 4. The van der Waals surface area contributed by atoms with Gasteiger partial charge in [-0.15, -0.1) is 0 Å². The minimum Gasteiger partial charge on any atom is -0.378 e. The van der Waals surface area contributed by atoms with Crippen molar-refractivity contribution in [3.8, 4) is 0 Å². The fraction of sp³-hybridized carbons (Fsp3) is 0.409. The molecule has 2 amide bonds. The first-order chi connectivity index (χ1) is 12.5. The van der Waals surface area contributed by atoms with Crippen LogP contribution in [0.1, 0.15) is 29.5 Å². The van der Waals surface area contributed by atoms with E-state index in [1.165, 1.54) is 5.56 Å². The highest BCUT2D eigenvalue weighted by atomic mass is 16.2. The van der Waals surface area contributed by atoms with Crippen LogP contribution in [0.25, 0.3) is 0 Å². The molecule has 2 aromatic rings. The van der Waals surface area contributed by atoms with Crippen molar-refractivity contribution in [2.45, 2.75) is 39.2 Å². The summed E-state index contributed by atoms with van der Waals surface area (Å²) in [7, 11) is 4.07. The highest BCUT2D eigenvalue weighted by molar-refractivity contribution is 5.92. The van der Waals surface area contributed by atoms with Crippen LogP contribution in [0.3, 0.4) is 0 Å². The molecule has 0 unspecified atom stereocenters. The molecule has 0 spiro atoms. The van der Waals surface area contributed by atoms with Gasteiger partial charge in [0.25, 0.3) is 0 Å². The molecule has 4 heteroatoms. The minimum absolute atomic E-state index is 0.0206. The number of hydrogen-bond donors (Lipinski definition) is 1. The van der Waals surface area contributed by atoms with Crippen LogP contribution in [0.5, 0.6) is 0 Å². The maximum Gasteiger partial charge on any atom is 0.322 e. The van der Waals surface area contributed by atoms with E-state index in [0.717, 1.165) is 48.3 Å². The molecular weight excluding hydrogens is 322 g/mol. The van der Waals surface area contributed by atoms with Crippen LogP contribution in [0.15, 0.2) is 42.5 Å². The van der Waals surface area contributed by atoms with Crippen LogP contribution < -0.4 is 10.2 Å². The Balaban J connectivity index is 1.73. The monoisotopic (exact) mass is 351 g/mol. The number of likely N-dealkylation sites (tertiary alicyclic amines) is 1. The predicted molar refractivity (Wildman–Crippen MR) is 109 cm³/mol. The molecule has 26 heavy (non-hydrogen) atoms. The van der Waals surface area contributed by atoms with Gasteiger partial charge >= 0.3 is 6.03 Å². The number of nitrogens with zero attached hydrogens (tertiary/aromatic N) is 2. The second-order valence-electron chi connectivity index (χ2n) is 7.46. The lowest BCUT2D eigenvalue weighted by Gasteiger charge is -2.26. The molecule has 138 valence electrons. The van der Waals surface area contributed by atoms with E-state index in [1.54, 1.807) is 0 Å². The second kappa shape index (κ2) is 7.81. The van der Waals surface area contributed by atoms with E-state index < -0.39 is 0 Å². The van der Waals surface area contributed by atoms with Gasteiger partial charge in [0, 0.05) is 38.1 Å². The number of hydrogen-bond acceptors (Lipinski definition) is 2. The van der Waals surface area contributed by atoms with Crippen molar-refractivity contribution in [2.75, 3.05) is 30.9 Å². The summed E-state index contributed by atoms with van der Waals surface area (Å²) in [5.74, 6) is 0. The van der Waals surface area contributed by atoms with Crippen LogP contribution in [0.2, 0.25) is 0 Å². The van der Waals surface area contributed by atoms with Crippen LogP contribution in [0.4, 0.5) is 16.2 Å². The third-order valence-electron chi connectivity index (χ3n) is 5.22. The summed E-state index contributed by atoms with van der Waals surface area (Å²) >= 11 is 0. The lowest BCUT2D eigenvalue weighted by Crippen LogP contribution is -2.40. The van der Waals surface area contributed by atoms with Gasteiger partial charge in [0.1, 0.15) is 0 Å². The first-order valence-corrected chi connectivity index (χ1v) is 9.36. The van der Waals surface area contributed by atoms with Gasteiger partial charge in [-0.05, 0) is 61.9 Å². The number of urea groups is 1. The Bertz CT molecular complexity index is 747. The zero-order chi connectivity index (χ0) is 18.7. The highest BCUT2D eigenvalue weighted by Crippen LogP contribution is 2.28. The third kappa shape index (κ3) is 4.01. The van der Waals surface area contributed by atoms with Crippen molar-refractivity contribution in [1.29, 1.82) is 0 Å². The van der Waals surface area contributed by atoms with Gasteiger partial charge in [-0.3, -0.25) is 0 Å². The number of nitrogens with one attached hydrogen (secondary N) is 1. The van der Waals surface area contributed by atoms with E-state index in [4.69, 9.17) is 0 Å². The molecule has 0 radical (unpaired) electrons. The molecule has 1 heterocycles. The molecule has 1 fully saturated rings. The van der Waals surface area contributed by atoms with Gasteiger partial charge in [0.05, 0.1) is 0 Å². The largest absolute Gasteiger partial charge is 0.378 e. The molecule has 1 atom stereocenters. The summed E-state index contributed by atoms with van der Waals surface area (Å²) in [5.41, 5.74) is 5.58. The van der Waals surface area contributed by atoms with E-state index >= 15 is 0 Å². The fourth-order valence-corrected chi connectivity index (χ4v) is 3.78. The summed E-state index contributed by atoms with van der Waals surface area (Å²) < 4.78 is 0. The van der Waals surface area contributed by atoms with Gasteiger partial charge in [0.15, 0.2) is 0 Å². The quantitative estimate of drug-likeness (QED) is 0.873. The average Bonchev–Trinajstić information content (AvgIpc) is 3.06. The van der Waals surface area contributed by atoms with Crippen molar-refractivity contribution >= 4 is 17.4 Å². The normalized spacial score (nSPS) is 16.6. The first kappa shape index (κ1) is 18.3. The molecule has 0 aliphatic carbocycles. The molecule has 1 N–H and O–H groups in total. The summed E-state index contributed by atoms with van der Waals surface area (Å²) in [4.78, 5) is 17.0. The molecule has 0 bridgehead atoms. The average molecular weight is 351 g/mol. The van der Waals surface area contributed by atoms with Gasteiger partial charge in [-0.1, -0.05) is 30.3 Å². The van der Waals surface area contributed by atoms with Crippen LogP contribution in [-0.4, -0.2) is 37.6 Å².